The molecule has 0 aliphatic rings. The molecule has 1 aromatic carbocycles. The quantitative estimate of drug-likeness (QED) is 0.783. The first-order valence-electron chi connectivity index (χ1n) is 5.00. The molecule has 0 aliphatic heterocycles. The fraction of sp³-hybridized carbons (Fsp3) is 0.0769. The van der Waals surface area contributed by atoms with Gasteiger partial charge in [-0.25, -0.2) is 0 Å². The number of carbonyl (C=O) groups is 1. The third-order valence-corrected chi connectivity index (χ3v) is 2.53. The molecule has 3 nitrogen and oxygen atoms in total. The highest BCUT2D eigenvalue weighted by molar-refractivity contribution is 6.31. The highest BCUT2D eigenvalue weighted by Gasteiger charge is 2.10. The average molecular weight is 248 g/mol. The molecule has 0 atom stereocenters. The van der Waals surface area contributed by atoms with Crippen LogP contribution < -0.4 is 4.74 Å². The first-order valence-corrected chi connectivity index (χ1v) is 5.38. The zero-order valence-electron chi connectivity index (χ0n) is 9.18. The second kappa shape index (κ2) is 4.97. The summed E-state index contributed by atoms with van der Waals surface area (Å²) in [6, 6.07) is 8.26. The van der Waals surface area contributed by atoms with Crippen molar-refractivity contribution in [2.45, 2.75) is 0 Å². The van der Waals surface area contributed by atoms with Crippen molar-refractivity contribution in [1.82, 2.24) is 4.98 Å². The number of aromatic nitrogens is 1. The number of ether oxygens (including phenoxy) is 1. The summed E-state index contributed by atoms with van der Waals surface area (Å²) in [7, 11) is 1.53. The minimum absolute atomic E-state index is 0.104. The van der Waals surface area contributed by atoms with Gasteiger partial charge in [-0.15, -0.1) is 0 Å². The summed E-state index contributed by atoms with van der Waals surface area (Å²) in [6.07, 6.45) is 3.16. The maximum Gasteiger partial charge on any atom is 0.193 e. The molecule has 0 unspecified atom stereocenters. The Balaban J connectivity index is 2.41. The van der Waals surface area contributed by atoms with Gasteiger partial charge < -0.3 is 4.74 Å². The molecule has 1 aromatic heterocycles. The van der Waals surface area contributed by atoms with Gasteiger partial charge in [0.25, 0.3) is 0 Å². The molecule has 0 N–H and O–H groups in total. The van der Waals surface area contributed by atoms with Crippen molar-refractivity contribution in [2.24, 2.45) is 0 Å². The number of carbonyl (C=O) groups excluding carboxylic acids is 1. The average Bonchev–Trinajstić information content (AvgIpc) is 2.38. The Morgan fingerprint density at radius 2 is 1.88 bits per heavy atom. The molecule has 0 fully saturated rings. The summed E-state index contributed by atoms with van der Waals surface area (Å²) in [5, 5.41) is 0.474. The highest BCUT2D eigenvalue weighted by atomic mass is 35.5. The van der Waals surface area contributed by atoms with Crippen molar-refractivity contribution < 1.29 is 9.53 Å². The van der Waals surface area contributed by atoms with Crippen LogP contribution in [0, 0.1) is 0 Å². The highest BCUT2D eigenvalue weighted by Crippen LogP contribution is 2.22. The van der Waals surface area contributed by atoms with Gasteiger partial charge in [0.2, 0.25) is 0 Å². The van der Waals surface area contributed by atoms with Gasteiger partial charge in [-0.05, 0) is 30.3 Å². The van der Waals surface area contributed by atoms with Crippen LogP contribution in [0.15, 0.2) is 42.7 Å². The third kappa shape index (κ3) is 2.63. The molecular formula is C13H10ClNO2. The first kappa shape index (κ1) is 11.6. The lowest BCUT2D eigenvalue weighted by molar-refractivity contribution is 0.103. The van der Waals surface area contributed by atoms with E-state index in [2.05, 4.69) is 4.98 Å². The second-order valence-electron chi connectivity index (χ2n) is 3.44. The second-order valence-corrected chi connectivity index (χ2v) is 3.88. The summed E-state index contributed by atoms with van der Waals surface area (Å²) in [6.45, 7) is 0. The molecule has 0 aliphatic carbocycles. The molecule has 17 heavy (non-hydrogen) atoms. The lowest BCUT2D eigenvalue weighted by Gasteiger charge is -2.05. The van der Waals surface area contributed by atoms with E-state index in [0.717, 1.165) is 0 Å². The molecule has 4 heteroatoms. The molecule has 2 aromatic rings. The van der Waals surface area contributed by atoms with E-state index < -0.39 is 0 Å². The van der Waals surface area contributed by atoms with Gasteiger partial charge in [-0.2, -0.15) is 0 Å². The number of hydrogen-bond donors (Lipinski definition) is 0. The summed E-state index contributed by atoms with van der Waals surface area (Å²) < 4.78 is 5.07. The number of ketones is 1. The Morgan fingerprint density at radius 1 is 1.18 bits per heavy atom. The standard InChI is InChI=1S/C13H10ClNO2/c1-17-12-7-10(6-11(14)8-12)13(16)9-2-4-15-5-3-9/h2-8H,1H3. The Kier molecular flexibility index (Phi) is 3.40. The molecule has 2 rings (SSSR count). The Hall–Kier alpha value is -1.87. The van der Waals surface area contributed by atoms with E-state index in [1.165, 1.54) is 7.11 Å². The Morgan fingerprint density at radius 3 is 2.53 bits per heavy atom. The minimum atomic E-state index is -0.104. The van der Waals surface area contributed by atoms with Crippen LogP contribution in [0.3, 0.4) is 0 Å². The molecule has 0 bridgehead atoms. The number of rotatable bonds is 3. The van der Waals surface area contributed by atoms with Gasteiger partial charge in [-0.3, -0.25) is 9.78 Å². The van der Waals surface area contributed by atoms with E-state index in [1.54, 1.807) is 42.7 Å². The van der Waals surface area contributed by atoms with E-state index in [1.807, 2.05) is 0 Å². The van der Waals surface area contributed by atoms with Gasteiger partial charge in [0, 0.05) is 28.5 Å². The molecular weight excluding hydrogens is 238 g/mol. The summed E-state index contributed by atoms with van der Waals surface area (Å²) >= 11 is 5.92. The van der Waals surface area contributed by atoms with Gasteiger partial charge in [0.05, 0.1) is 7.11 Å². The van der Waals surface area contributed by atoms with Gasteiger partial charge in [0.15, 0.2) is 5.78 Å². The van der Waals surface area contributed by atoms with Crippen LogP contribution in [0.1, 0.15) is 15.9 Å². The number of nitrogens with zero attached hydrogens (tertiary/aromatic N) is 1. The zero-order valence-corrected chi connectivity index (χ0v) is 9.94. The van der Waals surface area contributed by atoms with Crippen LogP contribution in [0.2, 0.25) is 5.02 Å². The third-order valence-electron chi connectivity index (χ3n) is 2.31. The monoisotopic (exact) mass is 247 g/mol. The molecule has 0 saturated heterocycles. The SMILES string of the molecule is COc1cc(Cl)cc(C(=O)c2ccncc2)c1. The van der Waals surface area contributed by atoms with Crippen molar-refractivity contribution >= 4 is 17.4 Å². The van der Waals surface area contributed by atoms with E-state index in [-0.39, 0.29) is 5.78 Å². The van der Waals surface area contributed by atoms with E-state index in [4.69, 9.17) is 16.3 Å². The van der Waals surface area contributed by atoms with E-state index >= 15 is 0 Å². The molecule has 1 heterocycles. The number of hydrogen-bond acceptors (Lipinski definition) is 3. The van der Waals surface area contributed by atoms with E-state index in [0.29, 0.717) is 21.9 Å². The van der Waals surface area contributed by atoms with Crippen LogP contribution in [-0.2, 0) is 0 Å². The largest absolute Gasteiger partial charge is 0.497 e. The van der Waals surface area contributed by atoms with Gasteiger partial charge >= 0.3 is 0 Å². The fourth-order valence-corrected chi connectivity index (χ4v) is 1.71. The maximum absolute atomic E-state index is 12.1. The van der Waals surface area contributed by atoms with Crippen molar-refractivity contribution in [3.8, 4) is 5.75 Å². The maximum atomic E-state index is 12.1. The number of benzene rings is 1. The van der Waals surface area contributed by atoms with Crippen molar-refractivity contribution in [3.05, 3.63) is 58.9 Å². The summed E-state index contributed by atoms with van der Waals surface area (Å²) in [5.74, 6) is 0.461. The minimum Gasteiger partial charge on any atom is -0.497 e. The topological polar surface area (TPSA) is 39.2 Å². The molecule has 86 valence electrons. The summed E-state index contributed by atoms with van der Waals surface area (Å²) in [5.41, 5.74) is 1.07. The van der Waals surface area contributed by atoms with Crippen LogP contribution in [-0.4, -0.2) is 17.9 Å². The number of methoxy groups -OCH3 is 1. The summed E-state index contributed by atoms with van der Waals surface area (Å²) in [4.78, 5) is 16.0. The predicted molar refractivity (Wildman–Crippen MR) is 65.7 cm³/mol. The molecule has 0 saturated carbocycles. The van der Waals surface area contributed by atoms with Crippen molar-refractivity contribution in [1.29, 1.82) is 0 Å². The normalized spacial score (nSPS) is 10.0. The lowest BCUT2D eigenvalue weighted by Crippen LogP contribution is -2.01. The Labute approximate surface area is 104 Å². The van der Waals surface area contributed by atoms with Crippen LogP contribution >= 0.6 is 11.6 Å². The van der Waals surface area contributed by atoms with Crippen molar-refractivity contribution in [2.75, 3.05) is 7.11 Å². The smallest absolute Gasteiger partial charge is 0.193 e. The van der Waals surface area contributed by atoms with Gasteiger partial charge in [0.1, 0.15) is 5.75 Å². The van der Waals surface area contributed by atoms with Crippen LogP contribution in [0.4, 0.5) is 0 Å². The molecule has 0 radical (unpaired) electrons. The van der Waals surface area contributed by atoms with Crippen LogP contribution in [0.25, 0.3) is 0 Å². The molecule has 0 spiro atoms. The fourth-order valence-electron chi connectivity index (χ4n) is 1.48. The zero-order chi connectivity index (χ0) is 12.3. The Bertz CT molecular complexity index is 540. The molecule has 0 amide bonds. The van der Waals surface area contributed by atoms with Crippen molar-refractivity contribution in [3.63, 3.8) is 0 Å². The lowest BCUT2D eigenvalue weighted by atomic mass is 10.0. The van der Waals surface area contributed by atoms with Crippen LogP contribution in [0.5, 0.6) is 5.75 Å². The van der Waals surface area contributed by atoms with Gasteiger partial charge in [-0.1, -0.05) is 11.6 Å². The number of pyridine rings is 1. The first-order chi connectivity index (χ1) is 8.20. The predicted octanol–water partition coefficient (Wildman–Crippen LogP) is 2.97. The number of halogens is 1. The van der Waals surface area contributed by atoms with E-state index in [9.17, 15) is 4.79 Å².